The second-order valence-corrected chi connectivity index (χ2v) is 7.12. The summed E-state index contributed by atoms with van der Waals surface area (Å²) in [5.74, 6) is 0.913. The molecule has 0 saturated heterocycles. The molecule has 0 aliphatic carbocycles. The molecule has 0 atom stereocenters. The van der Waals surface area contributed by atoms with Crippen molar-refractivity contribution in [1.82, 2.24) is 4.90 Å². The highest BCUT2D eigenvalue weighted by Gasteiger charge is 2.13. The Labute approximate surface area is 169 Å². The zero-order valence-electron chi connectivity index (χ0n) is 17.1. The molecule has 3 aromatic carbocycles. The van der Waals surface area contributed by atoms with Crippen LogP contribution in [0, 0.1) is 0 Å². The van der Waals surface area contributed by atoms with E-state index in [1.54, 1.807) is 0 Å². The minimum Gasteiger partial charge on any atom is -0.492 e. The summed E-state index contributed by atoms with van der Waals surface area (Å²) in [6.07, 6.45) is 0.958. The summed E-state index contributed by atoms with van der Waals surface area (Å²) >= 11 is 0. The third kappa shape index (κ3) is 5.11. The molecule has 3 rings (SSSR count). The van der Waals surface area contributed by atoms with E-state index in [1.165, 1.54) is 27.8 Å². The fourth-order valence-electron chi connectivity index (χ4n) is 3.37. The number of hydrogen-bond donors (Lipinski definition) is 0. The summed E-state index contributed by atoms with van der Waals surface area (Å²) in [6, 6.07) is 29.8. The molecule has 0 amide bonds. The Morgan fingerprint density at radius 2 is 1.36 bits per heavy atom. The first-order valence-electron chi connectivity index (χ1n) is 9.91. The Morgan fingerprint density at radius 3 is 1.96 bits per heavy atom. The molecule has 2 heteroatoms. The standard InChI is InChI=1S/C26H29NO/c1-4-25(21-12-7-5-8-13-21)26(22-14-9-6-10-15-22)23-16-11-17-24(20-23)28-19-18-27(2)3/h5-17,20H,4,18-19H2,1-3H3. The van der Waals surface area contributed by atoms with Crippen LogP contribution < -0.4 is 4.74 Å². The topological polar surface area (TPSA) is 12.5 Å². The molecule has 0 heterocycles. The zero-order chi connectivity index (χ0) is 19.8. The summed E-state index contributed by atoms with van der Waals surface area (Å²) in [5.41, 5.74) is 6.30. The van der Waals surface area contributed by atoms with Crippen LogP contribution in [0.25, 0.3) is 11.1 Å². The van der Waals surface area contributed by atoms with Crippen molar-refractivity contribution >= 4 is 11.1 Å². The lowest BCUT2D eigenvalue weighted by Gasteiger charge is -2.17. The Hall–Kier alpha value is -2.84. The Bertz CT molecular complexity index is 898. The number of ether oxygens (including phenoxy) is 1. The van der Waals surface area contributed by atoms with Crippen molar-refractivity contribution in [2.45, 2.75) is 13.3 Å². The van der Waals surface area contributed by atoms with Gasteiger partial charge in [0.25, 0.3) is 0 Å². The van der Waals surface area contributed by atoms with E-state index < -0.39 is 0 Å². The van der Waals surface area contributed by atoms with Gasteiger partial charge in [-0.15, -0.1) is 0 Å². The molecule has 2 nitrogen and oxygen atoms in total. The molecule has 28 heavy (non-hydrogen) atoms. The van der Waals surface area contributed by atoms with Gasteiger partial charge in [0.1, 0.15) is 12.4 Å². The molecule has 0 spiro atoms. The fraction of sp³-hybridized carbons (Fsp3) is 0.231. The van der Waals surface area contributed by atoms with Crippen LogP contribution in [0.4, 0.5) is 0 Å². The molecule has 0 radical (unpaired) electrons. The molecule has 0 aromatic heterocycles. The first kappa shape index (κ1) is 19.9. The van der Waals surface area contributed by atoms with E-state index in [-0.39, 0.29) is 0 Å². The highest BCUT2D eigenvalue weighted by Crippen LogP contribution is 2.35. The van der Waals surface area contributed by atoms with Crippen molar-refractivity contribution in [2.75, 3.05) is 27.2 Å². The molecular weight excluding hydrogens is 342 g/mol. The number of benzene rings is 3. The molecule has 0 bridgehead atoms. The number of allylic oxidation sites excluding steroid dienone is 1. The van der Waals surface area contributed by atoms with Gasteiger partial charge in [0.05, 0.1) is 0 Å². The van der Waals surface area contributed by atoms with E-state index >= 15 is 0 Å². The zero-order valence-corrected chi connectivity index (χ0v) is 17.1. The van der Waals surface area contributed by atoms with Crippen molar-refractivity contribution in [2.24, 2.45) is 0 Å². The van der Waals surface area contributed by atoms with Gasteiger partial charge < -0.3 is 9.64 Å². The third-order valence-electron chi connectivity index (χ3n) is 4.77. The van der Waals surface area contributed by atoms with E-state index in [4.69, 9.17) is 4.74 Å². The van der Waals surface area contributed by atoms with E-state index in [0.29, 0.717) is 6.61 Å². The van der Waals surface area contributed by atoms with E-state index in [2.05, 4.69) is 105 Å². The maximum atomic E-state index is 6.00. The average molecular weight is 372 g/mol. The van der Waals surface area contributed by atoms with E-state index in [0.717, 1.165) is 18.7 Å². The second kappa shape index (κ2) is 9.91. The molecule has 0 aliphatic rings. The number of hydrogen-bond acceptors (Lipinski definition) is 2. The van der Waals surface area contributed by atoms with Crippen LogP contribution >= 0.6 is 0 Å². The molecule has 0 aliphatic heterocycles. The van der Waals surface area contributed by atoms with Crippen LogP contribution in [0.1, 0.15) is 30.0 Å². The first-order valence-corrected chi connectivity index (χ1v) is 9.91. The largest absolute Gasteiger partial charge is 0.492 e. The highest BCUT2D eigenvalue weighted by molar-refractivity contribution is 5.98. The normalized spacial score (nSPS) is 12.0. The smallest absolute Gasteiger partial charge is 0.119 e. The second-order valence-electron chi connectivity index (χ2n) is 7.12. The summed E-state index contributed by atoms with van der Waals surface area (Å²) in [5, 5.41) is 0. The van der Waals surface area contributed by atoms with Gasteiger partial charge in [-0.2, -0.15) is 0 Å². The highest BCUT2D eigenvalue weighted by atomic mass is 16.5. The first-order chi connectivity index (χ1) is 13.7. The minimum atomic E-state index is 0.681. The average Bonchev–Trinajstić information content (AvgIpc) is 2.73. The SMILES string of the molecule is CCC(=C(c1ccccc1)c1cccc(OCCN(C)C)c1)c1ccccc1. The lowest BCUT2D eigenvalue weighted by atomic mass is 9.88. The van der Waals surface area contributed by atoms with E-state index in [1.807, 2.05) is 6.07 Å². The van der Waals surface area contributed by atoms with Gasteiger partial charge in [0.2, 0.25) is 0 Å². The monoisotopic (exact) mass is 371 g/mol. The number of nitrogens with zero attached hydrogens (tertiary/aromatic N) is 1. The Balaban J connectivity index is 2.07. The molecule has 0 unspecified atom stereocenters. The van der Waals surface area contributed by atoms with Crippen LogP contribution in [0.15, 0.2) is 84.9 Å². The van der Waals surface area contributed by atoms with E-state index in [9.17, 15) is 0 Å². The number of rotatable bonds is 8. The van der Waals surface area contributed by atoms with Crippen molar-refractivity contribution in [3.8, 4) is 5.75 Å². The summed E-state index contributed by atoms with van der Waals surface area (Å²) in [7, 11) is 4.12. The molecule has 144 valence electrons. The lowest BCUT2D eigenvalue weighted by Crippen LogP contribution is -2.19. The van der Waals surface area contributed by atoms with Gasteiger partial charge in [0.15, 0.2) is 0 Å². The Morgan fingerprint density at radius 1 is 0.750 bits per heavy atom. The van der Waals surface area contributed by atoms with Gasteiger partial charge in [-0.1, -0.05) is 79.7 Å². The van der Waals surface area contributed by atoms with Crippen molar-refractivity contribution in [1.29, 1.82) is 0 Å². The van der Waals surface area contributed by atoms with Crippen LogP contribution in [-0.2, 0) is 0 Å². The maximum absolute atomic E-state index is 6.00. The quantitative estimate of drug-likeness (QED) is 0.451. The summed E-state index contributed by atoms with van der Waals surface area (Å²) in [6.45, 7) is 3.80. The lowest BCUT2D eigenvalue weighted by molar-refractivity contribution is 0.261. The van der Waals surface area contributed by atoms with Crippen molar-refractivity contribution in [3.05, 3.63) is 102 Å². The fourth-order valence-corrected chi connectivity index (χ4v) is 3.37. The summed E-state index contributed by atoms with van der Waals surface area (Å²) < 4.78 is 6.00. The van der Waals surface area contributed by atoms with Crippen LogP contribution in [-0.4, -0.2) is 32.1 Å². The van der Waals surface area contributed by atoms with Gasteiger partial charge >= 0.3 is 0 Å². The van der Waals surface area contributed by atoms with Crippen molar-refractivity contribution < 1.29 is 4.74 Å². The molecule has 0 N–H and O–H groups in total. The molecule has 0 fully saturated rings. The van der Waals surface area contributed by atoms with Crippen LogP contribution in [0.5, 0.6) is 5.75 Å². The minimum absolute atomic E-state index is 0.681. The molecule has 0 saturated carbocycles. The number of likely N-dealkylation sites (N-methyl/N-ethyl adjacent to an activating group) is 1. The predicted molar refractivity (Wildman–Crippen MR) is 120 cm³/mol. The van der Waals surface area contributed by atoms with Gasteiger partial charge in [-0.25, -0.2) is 0 Å². The van der Waals surface area contributed by atoms with Gasteiger partial charge in [-0.3, -0.25) is 0 Å². The van der Waals surface area contributed by atoms with Gasteiger partial charge in [-0.05, 0) is 60.5 Å². The molecular formula is C26H29NO. The van der Waals surface area contributed by atoms with Crippen molar-refractivity contribution in [3.63, 3.8) is 0 Å². The van der Waals surface area contributed by atoms with Crippen LogP contribution in [0.2, 0.25) is 0 Å². The van der Waals surface area contributed by atoms with Crippen LogP contribution in [0.3, 0.4) is 0 Å². The Kier molecular flexibility index (Phi) is 7.05. The third-order valence-corrected chi connectivity index (χ3v) is 4.77. The molecule has 3 aromatic rings. The maximum Gasteiger partial charge on any atom is 0.119 e. The summed E-state index contributed by atoms with van der Waals surface area (Å²) in [4.78, 5) is 2.13. The van der Waals surface area contributed by atoms with Gasteiger partial charge in [0, 0.05) is 6.54 Å². The predicted octanol–water partition coefficient (Wildman–Crippen LogP) is 6.00.